The van der Waals surface area contributed by atoms with Gasteiger partial charge in [0.05, 0.1) is 23.9 Å². The van der Waals surface area contributed by atoms with E-state index < -0.39 is 6.61 Å². The normalized spacial score (nSPS) is 17.0. The van der Waals surface area contributed by atoms with Crippen molar-refractivity contribution in [3.8, 4) is 17.0 Å². The van der Waals surface area contributed by atoms with E-state index in [9.17, 15) is 8.78 Å². The molecule has 0 amide bonds. The van der Waals surface area contributed by atoms with Crippen molar-refractivity contribution in [1.82, 2.24) is 20.3 Å². The Bertz CT molecular complexity index is 933. The average Bonchev–Trinajstić information content (AvgIpc) is 2.73. The molecule has 2 N–H and O–H groups in total. The summed E-state index contributed by atoms with van der Waals surface area (Å²) in [6.45, 7) is 0.0161. The van der Waals surface area contributed by atoms with Gasteiger partial charge in [0.25, 0.3) is 0 Å². The van der Waals surface area contributed by atoms with E-state index >= 15 is 0 Å². The van der Waals surface area contributed by atoms with Crippen LogP contribution in [0.1, 0.15) is 0 Å². The zero-order valence-corrected chi connectivity index (χ0v) is 14.9. The number of halogens is 2. The van der Waals surface area contributed by atoms with Gasteiger partial charge in [0, 0.05) is 37.6 Å². The molecule has 0 spiro atoms. The number of hydrogen-bond acceptors (Lipinski definition) is 7. The van der Waals surface area contributed by atoms with Crippen molar-refractivity contribution in [2.75, 3.05) is 31.6 Å². The van der Waals surface area contributed by atoms with Crippen molar-refractivity contribution in [1.29, 1.82) is 0 Å². The molecule has 146 valence electrons. The molecule has 1 aliphatic rings. The first-order valence-electron chi connectivity index (χ1n) is 8.92. The summed E-state index contributed by atoms with van der Waals surface area (Å²) in [6, 6.07) is 8.15. The van der Waals surface area contributed by atoms with E-state index in [1.165, 1.54) is 12.1 Å². The van der Waals surface area contributed by atoms with Gasteiger partial charge in [-0.15, -0.1) is 0 Å². The standard InChI is InChI=1S/C19H19F2N5O2/c20-19(21)28-13-3-1-12(2-4-13)15-9-16-17(24-6-5-23-16)18(26-15)25-11-14-10-22-7-8-27-14/h1-6,9,14,19,22H,7-8,10-11H2,(H,25,26)/t14-/m0/s1. The Morgan fingerprint density at radius 2 is 2.04 bits per heavy atom. The predicted molar refractivity (Wildman–Crippen MR) is 101 cm³/mol. The van der Waals surface area contributed by atoms with E-state index in [0.29, 0.717) is 35.7 Å². The number of nitrogens with zero attached hydrogens (tertiary/aromatic N) is 3. The lowest BCUT2D eigenvalue weighted by atomic mass is 10.1. The summed E-state index contributed by atoms with van der Waals surface area (Å²) in [5.41, 5.74) is 2.76. The maximum absolute atomic E-state index is 12.3. The summed E-state index contributed by atoms with van der Waals surface area (Å²) in [5, 5.41) is 6.59. The van der Waals surface area contributed by atoms with Crippen LogP contribution in [0.2, 0.25) is 0 Å². The van der Waals surface area contributed by atoms with Gasteiger partial charge < -0.3 is 20.1 Å². The molecule has 2 aromatic heterocycles. The van der Waals surface area contributed by atoms with Crippen LogP contribution in [0.15, 0.2) is 42.7 Å². The minimum absolute atomic E-state index is 0.0386. The molecule has 0 radical (unpaired) electrons. The number of ether oxygens (including phenoxy) is 2. The molecule has 3 heterocycles. The fourth-order valence-electron chi connectivity index (χ4n) is 3.01. The number of nitrogens with one attached hydrogen (secondary N) is 2. The minimum atomic E-state index is -2.85. The lowest BCUT2D eigenvalue weighted by Crippen LogP contribution is -2.42. The van der Waals surface area contributed by atoms with Gasteiger partial charge in [-0.3, -0.25) is 4.98 Å². The van der Waals surface area contributed by atoms with Crippen molar-refractivity contribution in [2.45, 2.75) is 12.7 Å². The van der Waals surface area contributed by atoms with Crippen molar-refractivity contribution in [3.63, 3.8) is 0 Å². The number of rotatable bonds is 6. The monoisotopic (exact) mass is 387 g/mol. The molecule has 0 unspecified atom stereocenters. The summed E-state index contributed by atoms with van der Waals surface area (Å²) in [5.74, 6) is 0.697. The number of pyridine rings is 1. The van der Waals surface area contributed by atoms with Crippen LogP contribution < -0.4 is 15.4 Å². The van der Waals surface area contributed by atoms with Crippen molar-refractivity contribution in [2.24, 2.45) is 0 Å². The summed E-state index contributed by atoms with van der Waals surface area (Å²) < 4.78 is 34.8. The summed E-state index contributed by atoms with van der Waals surface area (Å²) in [4.78, 5) is 13.4. The van der Waals surface area contributed by atoms with E-state index in [2.05, 4.69) is 30.3 Å². The fourth-order valence-corrected chi connectivity index (χ4v) is 3.01. The van der Waals surface area contributed by atoms with Crippen molar-refractivity contribution < 1.29 is 18.3 Å². The molecule has 1 aromatic carbocycles. The van der Waals surface area contributed by atoms with E-state index in [1.54, 1.807) is 24.5 Å². The van der Waals surface area contributed by atoms with E-state index in [4.69, 9.17) is 4.74 Å². The number of alkyl halides is 2. The molecule has 28 heavy (non-hydrogen) atoms. The van der Waals surface area contributed by atoms with Gasteiger partial charge in [-0.2, -0.15) is 8.78 Å². The second-order valence-electron chi connectivity index (χ2n) is 6.26. The second-order valence-corrected chi connectivity index (χ2v) is 6.26. The Balaban J connectivity index is 1.61. The lowest BCUT2D eigenvalue weighted by molar-refractivity contribution is -0.0498. The number of aromatic nitrogens is 3. The lowest BCUT2D eigenvalue weighted by Gasteiger charge is -2.24. The Morgan fingerprint density at radius 1 is 1.21 bits per heavy atom. The average molecular weight is 387 g/mol. The highest BCUT2D eigenvalue weighted by Gasteiger charge is 2.15. The van der Waals surface area contributed by atoms with Gasteiger partial charge in [-0.05, 0) is 30.3 Å². The smallest absolute Gasteiger partial charge is 0.387 e. The molecule has 3 aromatic rings. The fraction of sp³-hybridized carbons (Fsp3) is 0.316. The van der Waals surface area contributed by atoms with Crippen LogP contribution in [-0.2, 0) is 4.74 Å². The third-order valence-electron chi connectivity index (χ3n) is 4.33. The maximum atomic E-state index is 12.3. The second kappa shape index (κ2) is 8.41. The SMILES string of the molecule is FC(F)Oc1ccc(-c2cc3nccnc3c(NC[C@@H]3CNCCO3)n2)cc1. The van der Waals surface area contributed by atoms with E-state index in [-0.39, 0.29) is 11.9 Å². The largest absolute Gasteiger partial charge is 0.435 e. The first-order valence-corrected chi connectivity index (χ1v) is 8.92. The Kier molecular flexibility index (Phi) is 5.54. The summed E-state index contributed by atoms with van der Waals surface area (Å²) in [7, 11) is 0. The van der Waals surface area contributed by atoms with Gasteiger partial charge >= 0.3 is 6.61 Å². The zero-order chi connectivity index (χ0) is 19.3. The predicted octanol–water partition coefficient (Wildman–Crippen LogP) is 2.69. The quantitative estimate of drug-likeness (QED) is 0.673. The van der Waals surface area contributed by atoms with Crippen LogP contribution in [0.25, 0.3) is 22.3 Å². The zero-order valence-electron chi connectivity index (χ0n) is 14.9. The Morgan fingerprint density at radius 3 is 2.79 bits per heavy atom. The summed E-state index contributed by atoms with van der Waals surface area (Å²) >= 11 is 0. The molecular weight excluding hydrogens is 368 g/mol. The molecule has 1 aliphatic heterocycles. The highest BCUT2D eigenvalue weighted by atomic mass is 19.3. The third kappa shape index (κ3) is 4.32. The molecular formula is C19H19F2N5O2. The van der Waals surface area contributed by atoms with Gasteiger partial charge in [0.15, 0.2) is 5.82 Å². The van der Waals surface area contributed by atoms with Crippen LogP contribution in [0.5, 0.6) is 5.75 Å². The van der Waals surface area contributed by atoms with Crippen molar-refractivity contribution >= 4 is 16.9 Å². The molecule has 1 fully saturated rings. The number of morpholine rings is 1. The van der Waals surface area contributed by atoms with Gasteiger partial charge in [-0.1, -0.05) is 0 Å². The number of anilines is 1. The third-order valence-corrected chi connectivity index (χ3v) is 4.33. The van der Waals surface area contributed by atoms with Gasteiger partial charge in [0.1, 0.15) is 11.3 Å². The van der Waals surface area contributed by atoms with Crippen LogP contribution in [0.3, 0.4) is 0 Å². The van der Waals surface area contributed by atoms with E-state index in [1.807, 2.05) is 6.07 Å². The molecule has 7 nitrogen and oxygen atoms in total. The molecule has 9 heteroatoms. The van der Waals surface area contributed by atoms with Crippen LogP contribution >= 0.6 is 0 Å². The minimum Gasteiger partial charge on any atom is -0.435 e. The first kappa shape index (κ1) is 18.5. The molecule has 0 bridgehead atoms. The molecule has 0 aliphatic carbocycles. The highest BCUT2D eigenvalue weighted by Crippen LogP contribution is 2.27. The molecule has 1 atom stereocenters. The van der Waals surface area contributed by atoms with E-state index in [0.717, 1.165) is 18.7 Å². The summed E-state index contributed by atoms with van der Waals surface area (Å²) in [6.07, 6.45) is 3.27. The van der Waals surface area contributed by atoms with Gasteiger partial charge in [-0.25, -0.2) is 9.97 Å². The topological polar surface area (TPSA) is 81.2 Å². The molecule has 1 saturated heterocycles. The Labute approximate surface area is 160 Å². The first-order chi connectivity index (χ1) is 13.7. The number of fused-ring (bicyclic) bond motifs is 1. The number of benzene rings is 1. The highest BCUT2D eigenvalue weighted by molar-refractivity contribution is 5.88. The molecule has 0 saturated carbocycles. The number of hydrogen-bond donors (Lipinski definition) is 2. The van der Waals surface area contributed by atoms with Crippen molar-refractivity contribution in [3.05, 3.63) is 42.7 Å². The van der Waals surface area contributed by atoms with Crippen LogP contribution in [0.4, 0.5) is 14.6 Å². The molecule has 4 rings (SSSR count). The van der Waals surface area contributed by atoms with Crippen LogP contribution in [0, 0.1) is 0 Å². The van der Waals surface area contributed by atoms with Gasteiger partial charge in [0.2, 0.25) is 0 Å². The Hall–Kier alpha value is -2.91. The maximum Gasteiger partial charge on any atom is 0.387 e. The van der Waals surface area contributed by atoms with Crippen LogP contribution in [-0.4, -0.2) is 53.9 Å².